The molecule has 0 aliphatic rings. The number of aliphatic hydroxyl groups is 1. The molecule has 0 atom stereocenters. The number of aliphatic hydroxyl groups excluding tert-OH is 1. The Balaban J connectivity index is 4.77. The van der Waals surface area contributed by atoms with Crippen LogP contribution in [-0.2, 0) is 28.4 Å². The van der Waals surface area contributed by atoms with E-state index in [4.69, 9.17) is 28.4 Å². The van der Waals surface area contributed by atoms with Gasteiger partial charge in [0.15, 0.2) is 0 Å². The number of rotatable bonds is 33. The van der Waals surface area contributed by atoms with Crippen molar-refractivity contribution in [1.82, 2.24) is 0 Å². The summed E-state index contributed by atoms with van der Waals surface area (Å²) in [6.07, 6.45) is 9.08. The maximum absolute atomic E-state index is 10.0. The molecule has 0 saturated carbocycles. The molecule has 0 fully saturated rings. The molecule has 43 heavy (non-hydrogen) atoms. The van der Waals surface area contributed by atoms with E-state index in [0.29, 0.717) is 76.5 Å². The van der Waals surface area contributed by atoms with Crippen LogP contribution in [0.1, 0.15) is 107 Å². The minimum absolute atomic E-state index is 0.0298. The Kier molecular flexibility index (Phi) is 30.2. The van der Waals surface area contributed by atoms with Crippen molar-refractivity contribution >= 4 is 0 Å². The third-order valence-electron chi connectivity index (χ3n) is 9.12. The average Bonchev–Trinajstić information content (AvgIpc) is 3.03. The van der Waals surface area contributed by atoms with Crippen molar-refractivity contribution in [3.63, 3.8) is 0 Å². The van der Waals surface area contributed by atoms with Crippen molar-refractivity contribution in [2.75, 3.05) is 85.9 Å². The zero-order valence-electron chi connectivity index (χ0n) is 29.8. The summed E-state index contributed by atoms with van der Waals surface area (Å²) in [7, 11) is 0. The first-order valence-electron chi connectivity index (χ1n) is 18.0. The van der Waals surface area contributed by atoms with Gasteiger partial charge in [0.05, 0.1) is 59.5 Å². The SMILES string of the molecule is CCC(CC)COCC(COCC(CC)CC)COCC(CO)COCC(COCC(CC)CC)COCC(CC)CC. The fourth-order valence-electron chi connectivity index (χ4n) is 4.95. The van der Waals surface area contributed by atoms with Crippen LogP contribution in [0.2, 0.25) is 0 Å². The highest BCUT2D eigenvalue weighted by atomic mass is 16.5. The maximum Gasteiger partial charge on any atom is 0.0538 e. The van der Waals surface area contributed by atoms with Gasteiger partial charge in [-0.15, -0.1) is 0 Å². The van der Waals surface area contributed by atoms with E-state index in [1.54, 1.807) is 0 Å². The molecule has 0 aliphatic carbocycles. The van der Waals surface area contributed by atoms with E-state index in [9.17, 15) is 5.11 Å². The van der Waals surface area contributed by atoms with E-state index < -0.39 is 0 Å². The van der Waals surface area contributed by atoms with Gasteiger partial charge in [-0.3, -0.25) is 0 Å². The molecule has 0 saturated heterocycles. The summed E-state index contributed by atoms with van der Waals surface area (Å²) >= 11 is 0. The third-order valence-corrected chi connectivity index (χ3v) is 9.12. The first-order chi connectivity index (χ1) is 20.9. The van der Waals surface area contributed by atoms with Crippen molar-refractivity contribution in [3.8, 4) is 0 Å². The van der Waals surface area contributed by atoms with Gasteiger partial charge in [-0.25, -0.2) is 0 Å². The van der Waals surface area contributed by atoms with Crippen LogP contribution in [0.4, 0.5) is 0 Å². The standard InChI is InChI=1S/C36H74O7/c1-9-30(10-2)18-38-24-35(25-39-19-31(11-3)12-4)28-42-22-34(17-37)23-43-29-36(26-40-20-32(13-5)14-6)27-41-21-33(15-7)16-8/h30-37H,9-29H2,1-8H3. The Morgan fingerprint density at radius 3 is 0.605 bits per heavy atom. The van der Waals surface area contributed by atoms with Crippen LogP contribution in [0.15, 0.2) is 0 Å². The molecule has 260 valence electrons. The lowest BCUT2D eigenvalue weighted by Crippen LogP contribution is -2.29. The molecule has 0 bridgehead atoms. The lowest BCUT2D eigenvalue weighted by Gasteiger charge is -2.23. The summed E-state index contributed by atoms with van der Waals surface area (Å²) in [6, 6.07) is 0. The Bertz CT molecular complexity index is 466. The zero-order valence-corrected chi connectivity index (χ0v) is 29.8. The van der Waals surface area contributed by atoms with Crippen molar-refractivity contribution in [1.29, 1.82) is 0 Å². The highest BCUT2D eigenvalue weighted by Gasteiger charge is 2.18. The van der Waals surface area contributed by atoms with Crippen LogP contribution >= 0.6 is 0 Å². The first kappa shape index (κ1) is 42.7. The van der Waals surface area contributed by atoms with E-state index in [-0.39, 0.29) is 24.4 Å². The minimum atomic E-state index is -0.0757. The largest absolute Gasteiger partial charge is 0.396 e. The van der Waals surface area contributed by atoms with Crippen molar-refractivity contribution in [2.24, 2.45) is 41.4 Å². The molecule has 0 aromatic carbocycles. The van der Waals surface area contributed by atoms with Crippen LogP contribution in [0.3, 0.4) is 0 Å². The summed E-state index contributed by atoms with van der Waals surface area (Å²) in [6.45, 7) is 25.5. The first-order valence-corrected chi connectivity index (χ1v) is 18.0. The molecule has 0 spiro atoms. The Morgan fingerprint density at radius 1 is 0.279 bits per heavy atom. The summed E-state index contributed by atoms with van der Waals surface area (Å²) < 4.78 is 36.6. The smallest absolute Gasteiger partial charge is 0.0538 e. The molecular weight excluding hydrogens is 544 g/mol. The topological polar surface area (TPSA) is 75.6 Å². The molecule has 0 rings (SSSR count). The van der Waals surface area contributed by atoms with Gasteiger partial charge in [-0.1, -0.05) is 107 Å². The summed E-state index contributed by atoms with van der Waals surface area (Å²) in [5.74, 6) is 2.67. The van der Waals surface area contributed by atoms with E-state index in [0.717, 1.165) is 77.8 Å². The van der Waals surface area contributed by atoms with E-state index in [1.165, 1.54) is 0 Å². The van der Waals surface area contributed by atoms with Gasteiger partial charge in [-0.2, -0.15) is 0 Å². The highest BCUT2D eigenvalue weighted by Crippen LogP contribution is 2.14. The van der Waals surface area contributed by atoms with Crippen molar-refractivity contribution in [3.05, 3.63) is 0 Å². The molecule has 0 amide bonds. The lowest BCUT2D eigenvalue weighted by molar-refractivity contribution is -0.0505. The van der Waals surface area contributed by atoms with Crippen LogP contribution in [-0.4, -0.2) is 91.0 Å². The molecule has 0 aliphatic heterocycles. The average molecular weight is 619 g/mol. The van der Waals surface area contributed by atoms with Gasteiger partial charge < -0.3 is 33.5 Å². The van der Waals surface area contributed by atoms with Crippen molar-refractivity contribution < 1.29 is 33.5 Å². The predicted molar refractivity (Wildman–Crippen MR) is 179 cm³/mol. The molecule has 0 unspecified atom stereocenters. The number of ether oxygens (including phenoxy) is 6. The molecule has 1 N–H and O–H groups in total. The Hall–Kier alpha value is -0.280. The van der Waals surface area contributed by atoms with Crippen LogP contribution in [0.25, 0.3) is 0 Å². The van der Waals surface area contributed by atoms with E-state index >= 15 is 0 Å². The molecule has 7 nitrogen and oxygen atoms in total. The van der Waals surface area contributed by atoms with E-state index in [1.807, 2.05) is 0 Å². The van der Waals surface area contributed by atoms with Crippen molar-refractivity contribution in [2.45, 2.75) is 107 Å². The second-order valence-corrected chi connectivity index (χ2v) is 12.7. The Labute approximate surface area is 267 Å². The van der Waals surface area contributed by atoms with Gasteiger partial charge in [0.25, 0.3) is 0 Å². The van der Waals surface area contributed by atoms with Gasteiger partial charge >= 0.3 is 0 Å². The van der Waals surface area contributed by atoms with Crippen LogP contribution in [0.5, 0.6) is 0 Å². The predicted octanol–water partition coefficient (Wildman–Crippen LogP) is 7.67. The quantitative estimate of drug-likeness (QED) is 0.0809. The fraction of sp³-hybridized carbons (Fsp3) is 1.00. The molecular formula is C36H74O7. The second kappa shape index (κ2) is 30.4. The summed E-state index contributed by atoms with van der Waals surface area (Å²) in [4.78, 5) is 0. The molecule has 0 radical (unpaired) electrons. The number of hydrogen-bond acceptors (Lipinski definition) is 7. The normalized spacial score (nSPS) is 12.6. The van der Waals surface area contributed by atoms with Gasteiger partial charge in [0, 0.05) is 44.2 Å². The molecule has 0 aromatic rings. The second-order valence-electron chi connectivity index (χ2n) is 12.7. The highest BCUT2D eigenvalue weighted by molar-refractivity contribution is 4.64. The van der Waals surface area contributed by atoms with E-state index in [2.05, 4.69) is 55.4 Å². The van der Waals surface area contributed by atoms with Gasteiger partial charge in [-0.05, 0) is 23.7 Å². The number of hydrogen-bond donors (Lipinski definition) is 1. The summed E-state index contributed by atoms with van der Waals surface area (Å²) in [5.41, 5.74) is 0. The van der Waals surface area contributed by atoms with Crippen LogP contribution < -0.4 is 0 Å². The van der Waals surface area contributed by atoms with Gasteiger partial charge in [0.1, 0.15) is 0 Å². The Morgan fingerprint density at radius 2 is 0.442 bits per heavy atom. The fourth-order valence-corrected chi connectivity index (χ4v) is 4.95. The minimum Gasteiger partial charge on any atom is -0.396 e. The third kappa shape index (κ3) is 22.8. The molecule has 7 heteroatoms. The summed E-state index contributed by atoms with van der Waals surface area (Å²) in [5, 5.41) is 10.0. The monoisotopic (exact) mass is 619 g/mol. The van der Waals surface area contributed by atoms with Gasteiger partial charge in [0.2, 0.25) is 0 Å². The molecule has 0 aromatic heterocycles. The maximum atomic E-state index is 10.0. The zero-order chi connectivity index (χ0) is 32.1. The lowest BCUT2D eigenvalue weighted by atomic mass is 10.1. The molecule has 0 heterocycles. The van der Waals surface area contributed by atoms with Crippen LogP contribution in [0, 0.1) is 41.4 Å².